The second-order valence-electron chi connectivity index (χ2n) is 4.19. The first kappa shape index (κ1) is 10.4. The van der Waals surface area contributed by atoms with E-state index in [9.17, 15) is 4.39 Å². The average Bonchev–Trinajstić information content (AvgIpc) is 2.17. The normalized spacial score (nSPS) is 18.3. The smallest absolute Gasteiger partial charge is 0.165 e. The first-order valence-electron chi connectivity index (χ1n) is 5.26. The van der Waals surface area contributed by atoms with Crippen LogP contribution in [0.4, 0.5) is 4.39 Å². The van der Waals surface area contributed by atoms with Gasteiger partial charge in [0, 0.05) is 12.0 Å². The molecule has 0 saturated heterocycles. The third-order valence-electron chi connectivity index (χ3n) is 3.47. The fraction of sp³-hybridized carbons (Fsp3) is 0.500. The quantitative estimate of drug-likeness (QED) is 0.828. The van der Waals surface area contributed by atoms with E-state index in [-0.39, 0.29) is 11.2 Å². The number of ether oxygens (including phenoxy) is 1. The van der Waals surface area contributed by atoms with Gasteiger partial charge in [-0.3, -0.25) is 0 Å². The summed E-state index contributed by atoms with van der Waals surface area (Å²) in [6, 6.07) is 5.17. The van der Waals surface area contributed by atoms with Crippen molar-refractivity contribution in [2.45, 2.75) is 24.7 Å². The second-order valence-corrected chi connectivity index (χ2v) is 4.19. The zero-order chi connectivity index (χ0) is 10.9. The van der Waals surface area contributed by atoms with Gasteiger partial charge in [-0.15, -0.1) is 0 Å². The van der Waals surface area contributed by atoms with E-state index in [2.05, 4.69) is 0 Å². The monoisotopic (exact) mass is 209 g/mol. The molecule has 0 amide bonds. The summed E-state index contributed by atoms with van der Waals surface area (Å²) in [7, 11) is 1.47. The average molecular weight is 209 g/mol. The van der Waals surface area contributed by atoms with Crippen LogP contribution < -0.4 is 10.5 Å². The van der Waals surface area contributed by atoms with E-state index in [1.54, 1.807) is 12.1 Å². The molecule has 82 valence electrons. The standard InChI is InChI=1S/C12H16FNO/c1-15-11-4-3-9(7-10(11)13)12(8-14)5-2-6-12/h3-4,7H,2,5-6,8,14H2,1H3. The predicted octanol–water partition coefficient (Wildman–Crippen LogP) is 2.21. The van der Waals surface area contributed by atoms with Crippen molar-refractivity contribution in [1.29, 1.82) is 0 Å². The first-order chi connectivity index (χ1) is 7.22. The molecule has 2 nitrogen and oxygen atoms in total. The molecule has 0 bridgehead atoms. The Morgan fingerprint density at radius 3 is 2.60 bits per heavy atom. The minimum atomic E-state index is -0.297. The van der Waals surface area contributed by atoms with E-state index in [0.29, 0.717) is 12.3 Å². The maximum atomic E-state index is 13.5. The van der Waals surface area contributed by atoms with Gasteiger partial charge in [-0.2, -0.15) is 0 Å². The molecule has 2 rings (SSSR count). The number of hydrogen-bond donors (Lipinski definition) is 1. The largest absolute Gasteiger partial charge is 0.494 e. The lowest BCUT2D eigenvalue weighted by Crippen LogP contribution is -2.41. The maximum absolute atomic E-state index is 13.5. The molecule has 0 radical (unpaired) electrons. The van der Waals surface area contributed by atoms with Gasteiger partial charge in [-0.25, -0.2) is 4.39 Å². The highest BCUT2D eigenvalue weighted by molar-refractivity contribution is 5.35. The highest BCUT2D eigenvalue weighted by Gasteiger charge is 2.37. The molecule has 1 aromatic carbocycles. The Morgan fingerprint density at radius 2 is 2.20 bits per heavy atom. The molecule has 0 aromatic heterocycles. The molecule has 1 aliphatic rings. The Bertz CT molecular complexity index is 355. The predicted molar refractivity (Wildman–Crippen MR) is 57.5 cm³/mol. The van der Waals surface area contributed by atoms with Gasteiger partial charge in [0.05, 0.1) is 7.11 Å². The molecule has 3 heteroatoms. The second kappa shape index (κ2) is 3.81. The van der Waals surface area contributed by atoms with Crippen LogP contribution in [-0.2, 0) is 5.41 Å². The lowest BCUT2D eigenvalue weighted by atomic mass is 9.64. The van der Waals surface area contributed by atoms with Crippen LogP contribution in [0.1, 0.15) is 24.8 Å². The highest BCUT2D eigenvalue weighted by atomic mass is 19.1. The van der Waals surface area contributed by atoms with Gasteiger partial charge < -0.3 is 10.5 Å². The summed E-state index contributed by atoms with van der Waals surface area (Å²) in [5.41, 5.74) is 6.80. The van der Waals surface area contributed by atoms with Gasteiger partial charge in [0.15, 0.2) is 11.6 Å². The lowest BCUT2D eigenvalue weighted by molar-refractivity contribution is 0.251. The van der Waals surface area contributed by atoms with E-state index in [1.165, 1.54) is 13.5 Å². The van der Waals surface area contributed by atoms with E-state index in [0.717, 1.165) is 18.4 Å². The van der Waals surface area contributed by atoms with Crippen molar-refractivity contribution in [3.8, 4) is 5.75 Å². The van der Waals surface area contributed by atoms with Crippen molar-refractivity contribution in [2.75, 3.05) is 13.7 Å². The molecule has 1 saturated carbocycles. The molecule has 1 aromatic rings. The Kier molecular flexibility index (Phi) is 2.65. The maximum Gasteiger partial charge on any atom is 0.165 e. The van der Waals surface area contributed by atoms with Crippen molar-refractivity contribution < 1.29 is 9.13 Å². The van der Waals surface area contributed by atoms with E-state index < -0.39 is 0 Å². The van der Waals surface area contributed by atoms with Crippen molar-refractivity contribution in [1.82, 2.24) is 0 Å². The Balaban J connectivity index is 2.33. The van der Waals surface area contributed by atoms with Crippen LogP contribution in [-0.4, -0.2) is 13.7 Å². The molecule has 0 atom stereocenters. The van der Waals surface area contributed by atoms with E-state index in [4.69, 9.17) is 10.5 Å². The molecule has 0 spiro atoms. The number of halogens is 1. The SMILES string of the molecule is COc1ccc(C2(CN)CCC2)cc1F. The molecule has 1 aliphatic carbocycles. The molecule has 2 N–H and O–H groups in total. The van der Waals surface area contributed by atoms with Crippen molar-refractivity contribution >= 4 is 0 Å². The van der Waals surface area contributed by atoms with E-state index >= 15 is 0 Å². The Labute approximate surface area is 89.2 Å². The van der Waals surface area contributed by atoms with Gasteiger partial charge in [0.2, 0.25) is 0 Å². The summed E-state index contributed by atoms with van der Waals surface area (Å²) >= 11 is 0. The Hall–Kier alpha value is -1.09. The van der Waals surface area contributed by atoms with Gasteiger partial charge >= 0.3 is 0 Å². The minimum Gasteiger partial charge on any atom is -0.494 e. The van der Waals surface area contributed by atoms with Crippen LogP contribution in [0.15, 0.2) is 18.2 Å². The third kappa shape index (κ3) is 1.61. The molecular formula is C12H16FNO. The third-order valence-corrected chi connectivity index (χ3v) is 3.47. The van der Waals surface area contributed by atoms with Gasteiger partial charge in [-0.1, -0.05) is 12.5 Å². The molecule has 0 heterocycles. The lowest BCUT2D eigenvalue weighted by Gasteiger charge is -2.41. The number of rotatable bonds is 3. The van der Waals surface area contributed by atoms with Crippen molar-refractivity contribution in [3.05, 3.63) is 29.6 Å². The topological polar surface area (TPSA) is 35.2 Å². The number of benzene rings is 1. The summed E-state index contributed by atoms with van der Waals surface area (Å²) < 4.78 is 18.4. The molecule has 1 fully saturated rings. The summed E-state index contributed by atoms with van der Waals surface area (Å²) in [6.45, 7) is 0.596. The fourth-order valence-corrected chi connectivity index (χ4v) is 2.21. The fourth-order valence-electron chi connectivity index (χ4n) is 2.21. The molecule has 0 aliphatic heterocycles. The van der Waals surface area contributed by atoms with Crippen molar-refractivity contribution in [3.63, 3.8) is 0 Å². The van der Waals surface area contributed by atoms with Crippen LogP contribution in [0.25, 0.3) is 0 Å². The summed E-state index contributed by atoms with van der Waals surface area (Å²) in [5.74, 6) is -0.0000279. The van der Waals surface area contributed by atoms with Gasteiger partial charge in [0.1, 0.15) is 0 Å². The highest BCUT2D eigenvalue weighted by Crippen LogP contribution is 2.43. The zero-order valence-corrected chi connectivity index (χ0v) is 8.92. The number of nitrogens with two attached hydrogens (primary N) is 1. The van der Waals surface area contributed by atoms with Crippen LogP contribution in [0, 0.1) is 5.82 Å². The minimum absolute atomic E-state index is 0.0209. The molecular weight excluding hydrogens is 193 g/mol. The Morgan fingerprint density at radius 1 is 1.47 bits per heavy atom. The van der Waals surface area contributed by atoms with E-state index in [1.807, 2.05) is 6.07 Å². The van der Waals surface area contributed by atoms with Gasteiger partial charge in [-0.05, 0) is 30.5 Å². The molecule has 15 heavy (non-hydrogen) atoms. The summed E-state index contributed by atoms with van der Waals surface area (Å²) in [4.78, 5) is 0. The first-order valence-corrected chi connectivity index (χ1v) is 5.26. The van der Waals surface area contributed by atoms with Crippen LogP contribution in [0.5, 0.6) is 5.75 Å². The number of methoxy groups -OCH3 is 1. The summed E-state index contributed by atoms with van der Waals surface area (Å²) in [6.07, 6.45) is 3.31. The van der Waals surface area contributed by atoms with Crippen LogP contribution in [0.3, 0.4) is 0 Å². The van der Waals surface area contributed by atoms with Crippen LogP contribution >= 0.6 is 0 Å². The zero-order valence-electron chi connectivity index (χ0n) is 8.92. The number of hydrogen-bond acceptors (Lipinski definition) is 2. The van der Waals surface area contributed by atoms with Crippen molar-refractivity contribution in [2.24, 2.45) is 5.73 Å². The van der Waals surface area contributed by atoms with Crippen LogP contribution in [0.2, 0.25) is 0 Å². The summed E-state index contributed by atoms with van der Waals surface area (Å²) in [5, 5.41) is 0. The van der Waals surface area contributed by atoms with Gasteiger partial charge in [0.25, 0.3) is 0 Å². The molecule has 0 unspecified atom stereocenters.